The zero-order valence-electron chi connectivity index (χ0n) is 17.9. The Morgan fingerprint density at radius 3 is 2.42 bits per heavy atom. The molecule has 0 saturated heterocycles. The Labute approximate surface area is 197 Å². The van der Waals surface area contributed by atoms with Crippen molar-refractivity contribution >= 4 is 11.5 Å². The summed E-state index contributed by atoms with van der Waals surface area (Å²) in [5, 5.41) is 17.2. The molecule has 3 aromatic rings. The van der Waals surface area contributed by atoms with Gasteiger partial charge in [0.15, 0.2) is 11.5 Å². The summed E-state index contributed by atoms with van der Waals surface area (Å²) in [5.74, 6) is -4.89. The fourth-order valence-electron chi connectivity index (χ4n) is 3.63. The second-order valence-corrected chi connectivity index (χ2v) is 7.89. The van der Waals surface area contributed by atoms with Crippen LogP contribution in [0, 0.1) is 5.82 Å². The van der Waals surface area contributed by atoms with E-state index in [0.29, 0.717) is 6.07 Å². The number of nitrogens with two attached hydrogens (primary N) is 1. The van der Waals surface area contributed by atoms with E-state index in [1.165, 1.54) is 18.2 Å². The van der Waals surface area contributed by atoms with Gasteiger partial charge in [-0.1, -0.05) is 18.2 Å². The average molecular weight is 516 g/mol. The Bertz CT molecular complexity index is 1360. The van der Waals surface area contributed by atoms with Gasteiger partial charge in [0.1, 0.15) is 11.5 Å². The van der Waals surface area contributed by atoms with Crippen LogP contribution in [0.3, 0.4) is 0 Å². The number of anilines is 1. The predicted molar refractivity (Wildman–Crippen MR) is 109 cm³/mol. The summed E-state index contributed by atoms with van der Waals surface area (Å²) in [7, 11) is 0. The van der Waals surface area contributed by atoms with Gasteiger partial charge in [-0.3, -0.25) is 4.79 Å². The van der Waals surface area contributed by atoms with E-state index in [4.69, 9.17) is 10.2 Å². The number of alkyl halides is 6. The van der Waals surface area contributed by atoms with Crippen LogP contribution in [0.2, 0.25) is 0 Å². The maximum Gasteiger partial charge on any atom is 0.430 e. The first kappa shape index (κ1) is 25.3. The van der Waals surface area contributed by atoms with Crippen LogP contribution in [-0.4, -0.2) is 32.2 Å². The van der Waals surface area contributed by atoms with Crippen molar-refractivity contribution in [1.82, 2.24) is 15.2 Å². The molecule has 0 fully saturated rings. The molecule has 190 valence electrons. The summed E-state index contributed by atoms with van der Waals surface area (Å²) in [6.45, 7) is 0. The number of ketones is 1. The van der Waals surface area contributed by atoms with Gasteiger partial charge in [-0.05, 0) is 36.6 Å². The molecule has 0 spiro atoms. The van der Waals surface area contributed by atoms with Crippen LogP contribution >= 0.6 is 0 Å². The molecule has 0 amide bonds. The Kier molecular flexibility index (Phi) is 6.11. The molecule has 3 N–H and O–H groups in total. The first-order valence-electron chi connectivity index (χ1n) is 10.2. The summed E-state index contributed by atoms with van der Waals surface area (Å²) in [6.07, 6.45) is -8.19. The number of nitrogens with zero attached hydrogens (tertiary/aromatic N) is 3. The number of hydrogen-bond acceptors (Lipinski definition) is 7. The van der Waals surface area contributed by atoms with E-state index in [-0.39, 0.29) is 24.8 Å². The predicted octanol–water partition coefficient (Wildman–Crippen LogP) is 4.75. The molecule has 1 atom stereocenters. The van der Waals surface area contributed by atoms with Crippen molar-refractivity contribution in [2.45, 2.75) is 37.2 Å². The van der Waals surface area contributed by atoms with Gasteiger partial charge in [0, 0.05) is 12.0 Å². The van der Waals surface area contributed by atoms with Gasteiger partial charge in [0.2, 0.25) is 0 Å². The van der Waals surface area contributed by atoms with E-state index >= 15 is 0 Å². The summed E-state index contributed by atoms with van der Waals surface area (Å²) < 4.78 is 103. The van der Waals surface area contributed by atoms with Gasteiger partial charge in [-0.25, -0.2) is 9.37 Å². The number of pyridine rings is 1. The van der Waals surface area contributed by atoms with Gasteiger partial charge < -0.3 is 15.3 Å². The molecule has 0 radical (unpaired) electrons. The first-order valence-corrected chi connectivity index (χ1v) is 10.2. The minimum Gasteiger partial charge on any atom is -0.415 e. The van der Waals surface area contributed by atoms with Crippen LogP contribution in [0.15, 0.2) is 40.8 Å². The number of hydrogen-bond donors (Lipinski definition) is 2. The van der Waals surface area contributed by atoms with E-state index in [0.717, 1.165) is 12.1 Å². The molecule has 1 aromatic carbocycles. The molecular formula is C22H15F7N4O3. The van der Waals surface area contributed by atoms with Crippen molar-refractivity contribution in [2.75, 3.05) is 5.73 Å². The molecule has 36 heavy (non-hydrogen) atoms. The normalized spacial score (nSPS) is 19.8. The average Bonchev–Trinajstić information content (AvgIpc) is 3.27. The number of carbonyl (C=O) groups is 1. The van der Waals surface area contributed by atoms with Crippen molar-refractivity contribution in [3.63, 3.8) is 0 Å². The number of Topliss-reactive ketones (excluding diaryl/α,β-unsaturated/α-hetero) is 1. The molecule has 2 aromatic heterocycles. The van der Waals surface area contributed by atoms with Crippen molar-refractivity contribution in [3.8, 4) is 11.6 Å². The molecule has 1 aliphatic rings. The van der Waals surface area contributed by atoms with Crippen LogP contribution in [0.5, 0.6) is 0 Å². The highest BCUT2D eigenvalue weighted by Crippen LogP contribution is 2.46. The van der Waals surface area contributed by atoms with Gasteiger partial charge in [-0.2, -0.15) is 26.3 Å². The van der Waals surface area contributed by atoms with Gasteiger partial charge in [0.05, 0.1) is 11.3 Å². The number of fused-ring (bicyclic) bond motifs is 7. The zero-order valence-corrected chi connectivity index (χ0v) is 17.9. The third-order valence-electron chi connectivity index (χ3n) is 5.45. The molecule has 3 heterocycles. The number of benzene rings is 1. The van der Waals surface area contributed by atoms with Gasteiger partial charge in [0.25, 0.3) is 17.4 Å². The van der Waals surface area contributed by atoms with Crippen LogP contribution < -0.4 is 5.73 Å². The van der Waals surface area contributed by atoms with Crippen molar-refractivity contribution in [3.05, 3.63) is 70.5 Å². The van der Waals surface area contributed by atoms with E-state index in [2.05, 4.69) is 15.2 Å². The smallest absolute Gasteiger partial charge is 0.415 e. The lowest BCUT2D eigenvalue weighted by Crippen LogP contribution is -2.44. The van der Waals surface area contributed by atoms with E-state index in [1.54, 1.807) is 0 Å². The van der Waals surface area contributed by atoms with E-state index in [9.17, 15) is 40.6 Å². The maximum atomic E-state index is 14.6. The number of nitrogen functional groups attached to an aromatic ring is 1. The molecule has 14 heteroatoms. The number of halogens is 7. The number of aromatic nitrogens is 3. The quantitative estimate of drug-likeness (QED) is 0.328. The minimum absolute atomic E-state index is 0.0250. The first-order chi connectivity index (χ1) is 16.7. The second kappa shape index (κ2) is 8.69. The third kappa shape index (κ3) is 4.32. The SMILES string of the molecule is Nc1cc(C(F)(F)F)c2nc1-c1nnc(o1)C(O)(C(F)(F)F)c1cc(ccc1F)C/C=C\CCC2=O. The molecule has 7 nitrogen and oxygen atoms in total. The lowest BCUT2D eigenvalue weighted by Gasteiger charge is -2.28. The largest absolute Gasteiger partial charge is 0.430 e. The van der Waals surface area contributed by atoms with Crippen molar-refractivity contribution in [2.24, 2.45) is 0 Å². The second-order valence-electron chi connectivity index (χ2n) is 7.89. The molecule has 0 aliphatic carbocycles. The fraction of sp³-hybridized carbons (Fsp3) is 0.273. The summed E-state index contributed by atoms with van der Waals surface area (Å²) >= 11 is 0. The third-order valence-corrected chi connectivity index (χ3v) is 5.45. The zero-order chi connectivity index (χ0) is 26.5. The number of carbonyl (C=O) groups excluding carboxylic acids is 1. The van der Waals surface area contributed by atoms with Crippen LogP contribution in [0.1, 0.15) is 45.9 Å². The Balaban J connectivity index is 2.00. The Hall–Kier alpha value is -3.81. The van der Waals surface area contributed by atoms with Crippen molar-refractivity contribution < 1.29 is 45.1 Å². The monoisotopic (exact) mass is 516 g/mol. The summed E-state index contributed by atoms with van der Waals surface area (Å²) in [5.41, 5.74) is -3.53. The standard InChI is InChI=1S/C22H15F7N4O3/c23-13-7-6-10-4-2-1-3-5-15(34)16-12(21(24,25)26)9-14(30)17(31-16)18-32-33-19(36-18)20(35,11(13)8-10)22(27,28)29/h1-2,6-9,35H,3-5,30H2/b2-1-. The molecule has 6 bridgehead atoms. The molecule has 0 saturated carbocycles. The number of allylic oxidation sites excluding steroid dienone is 2. The number of rotatable bonds is 0. The lowest BCUT2D eigenvalue weighted by atomic mass is 9.90. The van der Waals surface area contributed by atoms with Crippen LogP contribution in [0.25, 0.3) is 11.6 Å². The summed E-state index contributed by atoms with van der Waals surface area (Å²) in [4.78, 5) is 16.2. The highest BCUT2D eigenvalue weighted by molar-refractivity contribution is 5.97. The highest BCUT2D eigenvalue weighted by atomic mass is 19.4. The van der Waals surface area contributed by atoms with Gasteiger partial charge >= 0.3 is 12.4 Å². The topological polar surface area (TPSA) is 115 Å². The van der Waals surface area contributed by atoms with E-state index in [1.807, 2.05) is 0 Å². The van der Waals surface area contributed by atoms with Crippen LogP contribution in [-0.2, 0) is 18.2 Å². The van der Waals surface area contributed by atoms with Crippen LogP contribution in [0.4, 0.5) is 36.4 Å². The van der Waals surface area contributed by atoms with E-state index < -0.39 is 69.5 Å². The number of aliphatic hydroxyl groups is 1. The highest BCUT2D eigenvalue weighted by Gasteiger charge is 2.61. The Morgan fingerprint density at radius 1 is 1.03 bits per heavy atom. The molecule has 1 unspecified atom stereocenters. The van der Waals surface area contributed by atoms with Crippen molar-refractivity contribution in [1.29, 1.82) is 0 Å². The maximum absolute atomic E-state index is 14.6. The minimum atomic E-state index is -5.57. The molecule has 1 aliphatic heterocycles. The lowest BCUT2D eigenvalue weighted by molar-refractivity contribution is -0.256. The molecular weight excluding hydrogens is 501 g/mol. The Morgan fingerprint density at radius 2 is 1.75 bits per heavy atom. The molecule has 4 rings (SSSR count). The van der Waals surface area contributed by atoms with Gasteiger partial charge in [-0.15, -0.1) is 10.2 Å². The fourth-order valence-corrected chi connectivity index (χ4v) is 3.63. The summed E-state index contributed by atoms with van der Waals surface area (Å²) in [6, 6.07) is 3.05.